The lowest BCUT2D eigenvalue weighted by atomic mass is 10.1. The van der Waals surface area contributed by atoms with E-state index < -0.39 is 0 Å². The fourth-order valence-corrected chi connectivity index (χ4v) is 3.73. The Balaban J connectivity index is 1.63. The predicted octanol–water partition coefficient (Wildman–Crippen LogP) is 1.95. The van der Waals surface area contributed by atoms with Gasteiger partial charge < -0.3 is 5.32 Å². The molecular formula is C15H17N3O2S. The molecule has 6 heteroatoms. The Morgan fingerprint density at radius 3 is 3.00 bits per heavy atom. The van der Waals surface area contributed by atoms with E-state index in [2.05, 4.69) is 10.3 Å². The number of nitrogens with zero attached hydrogens (tertiary/aromatic N) is 2. The number of anilines is 1. The largest absolute Gasteiger partial charge is 0.326 e. The molecule has 3 rings (SSSR count). The lowest BCUT2D eigenvalue weighted by Crippen LogP contribution is -2.32. The van der Waals surface area contributed by atoms with Crippen LogP contribution >= 0.6 is 11.8 Å². The molecule has 21 heavy (non-hydrogen) atoms. The molecule has 2 aliphatic rings. The van der Waals surface area contributed by atoms with Gasteiger partial charge in [0.2, 0.25) is 11.8 Å². The van der Waals surface area contributed by atoms with Gasteiger partial charge >= 0.3 is 0 Å². The summed E-state index contributed by atoms with van der Waals surface area (Å²) in [6, 6.07) is 5.88. The van der Waals surface area contributed by atoms with E-state index in [1.54, 1.807) is 4.90 Å². The van der Waals surface area contributed by atoms with Crippen molar-refractivity contribution in [2.75, 3.05) is 18.4 Å². The van der Waals surface area contributed by atoms with Crippen LogP contribution in [0.25, 0.3) is 0 Å². The highest BCUT2D eigenvalue weighted by Crippen LogP contribution is 2.31. The molecule has 1 fully saturated rings. The third kappa shape index (κ3) is 2.81. The van der Waals surface area contributed by atoms with Crippen molar-refractivity contribution in [1.82, 2.24) is 4.90 Å². The number of aryl methyl sites for hydroxylation is 2. The number of hydrogen-bond acceptors (Lipinski definition) is 4. The molecule has 2 aliphatic heterocycles. The van der Waals surface area contributed by atoms with Gasteiger partial charge in [-0.15, -0.1) is 0 Å². The van der Waals surface area contributed by atoms with E-state index in [1.807, 2.05) is 32.0 Å². The van der Waals surface area contributed by atoms with Crippen LogP contribution in [0.1, 0.15) is 17.5 Å². The van der Waals surface area contributed by atoms with Crippen molar-refractivity contribution in [3.8, 4) is 0 Å². The lowest BCUT2D eigenvalue weighted by molar-refractivity contribution is -0.127. The van der Waals surface area contributed by atoms with Crippen LogP contribution < -0.4 is 5.32 Å². The molecule has 1 N–H and O–H groups in total. The van der Waals surface area contributed by atoms with Gasteiger partial charge in [0, 0.05) is 18.7 Å². The maximum absolute atomic E-state index is 12.1. The minimum Gasteiger partial charge on any atom is -0.326 e. The number of nitrogens with one attached hydrogen (secondary N) is 1. The fraction of sp³-hybridized carbons (Fsp3) is 0.400. The van der Waals surface area contributed by atoms with Crippen molar-refractivity contribution in [3.63, 3.8) is 0 Å². The van der Waals surface area contributed by atoms with Crippen molar-refractivity contribution in [1.29, 1.82) is 0 Å². The number of rotatable bonds is 3. The minimum absolute atomic E-state index is 0.00651. The number of hydrogen-bond donors (Lipinski definition) is 1. The summed E-state index contributed by atoms with van der Waals surface area (Å²) in [6.07, 6.45) is 0.187. The van der Waals surface area contributed by atoms with Gasteiger partial charge in [-0.2, -0.15) is 0 Å². The number of amides is 2. The molecule has 2 heterocycles. The Labute approximate surface area is 127 Å². The molecule has 0 radical (unpaired) electrons. The van der Waals surface area contributed by atoms with Gasteiger partial charge in [-0.1, -0.05) is 29.5 Å². The van der Waals surface area contributed by atoms with E-state index in [0.717, 1.165) is 22.0 Å². The first-order valence-corrected chi connectivity index (χ1v) is 7.82. The van der Waals surface area contributed by atoms with Crippen molar-refractivity contribution >= 4 is 34.4 Å². The standard InChI is InChI=1S/C15H17N3O2S/c1-9-3-4-11(10(2)7-9)17-13(19)8-12-14(20)18-6-5-16-15(18)21-12/h3-4,7,12H,5-6,8H2,1-2H3,(H,17,19)/t12-/m1/s1. The third-order valence-electron chi connectivity index (χ3n) is 3.62. The molecule has 0 aliphatic carbocycles. The average Bonchev–Trinajstić information content (AvgIpc) is 2.98. The Bertz CT molecular complexity index is 642. The van der Waals surface area contributed by atoms with Crippen LogP contribution in [0.4, 0.5) is 5.69 Å². The Morgan fingerprint density at radius 2 is 2.29 bits per heavy atom. The van der Waals surface area contributed by atoms with Gasteiger partial charge in [-0.05, 0) is 25.5 Å². The average molecular weight is 303 g/mol. The van der Waals surface area contributed by atoms with Crippen LogP contribution in [0, 0.1) is 13.8 Å². The lowest BCUT2D eigenvalue weighted by Gasteiger charge is -2.12. The monoisotopic (exact) mass is 303 g/mol. The highest BCUT2D eigenvalue weighted by atomic mass is 32.2. The second kappa shape index (κ2) is 5.52. The molecule has 0 saturated carbocycles. The van der Waals surface area contributed by atoms with E-state index in [4.69, 9.17) is 0 Å². The summed E-state index contributed by atoms with van der Waals surface area (Å²) < 4.78 is 0. The molecule has 0 unspecified atom stereocenters. The molecule has 2 amide bonds. The molecule has 0 aromatic heterocycles. The summed E-state index contributed by atoms with van der Waals surface area (Å²) >= 11 is 1.40. The predicted molar refractivity (Wildman–Crippen MR) is 84.6 cm³/mol. The smallest absolute Gasteiger partial charge is 0.242 e. The highest BCUT2D eigenvalue weighted by molar-refractivity contribution is 8.15. The summed E-state index contributed by atoms with van der Waals surface area (Å²) in [5, 5.41) is 3.32. The molecule has 1 atom stereocenters. The van der Waals surface area contributed by atoms with Gasteiger partial charge in [0.05, 0.1) is 6.54 Å². The van der Waals surface area contributed by atoms with Crippen molar-refractivity contribution in [3.05, 3.63) is 29.3 Å². The van der Waals surface area contributed by atoms with Crippen molar-refractivity contribution in [2.24, 2.45) is 4.99 Å². The quantitative estimate of drug-likeness (QED) is 0.928. The van der Waals surface area contributed by atoms with Gasteiger partial charge in [0.15, 0.2) is 5.17 Å². The summed E-state index contributed by atoms with van der Waals surface area (Å²) in [5.41, 5.74) is 2.99. The zero-order chi connectivity index (χ0) is 15.0. The maximum Gasteiger partial charge on any atom is 0.242 e. The second-order valence-electron chi connectivity index (χ2n) is 5.33. The van der Waals surface area contributed by atoms with E-state index in [-0.39, 0.29) is 23.5 Å². The zero-order valence-electron chi connectivity index (χ0n) is 12.0. The van der Waals surface area contributed by atoms with Gasteiger partial charge in [0.1, 0.15) is 5.25 Å². The SMILES string of the molecule is Cc1ccc(NC(=O)C[C@H]2SC3=NCCN3C2=O)c(C)c1. The topological polar surface area (TPSA) is 61.8 Å². The van der Waals surface area contributed by atoms with E-state index in [0.29, 0.717) is 13.1 Å². The summed E-state index contributed by atoms with van der Waals surface area (Å²) in [6.45, 7) is 5.30. The Morgan fingerprint density at radius 1 is 1.48 bits per heavy atom. The molecule has 1 aromatic rings. The summed E-state index contributed by atoms with van der Waals surface area (Å²) in [4.78, 5) is 30.2. The number of aliphatic imine (C=N–C) groups is 1. The fourth-order valence-electron chi connectivity index (χ4n) is 2.54. The molecule has 0 bridgehead atoms. The van der Waals surface area contributed by atoms with Crippen LogP contribution in [0.3, 0.4) is 0 Å². The molecule has 1 aromatic carbocycles. The Hall–Kier alpha value is -1.82. The molecule has 110 valence electrons. The number of carbonyl (C=O) groups is 2. The van der Waals surface area contributed by atoms with Crippen LogP contribution in [-0.2, 0) is 9.59 Å². The van der Waals surface area contributed by atoms with Gasteiger partial charge in [0.25, 0.3) is 0 Å². The number of amidine groups is 1. The number of benzene rings is 1. The first kappa shape index (κ1) is 14.1. The van der Waals surface area contributed by atoms with E-state index in [1.165, 1.54) is 11.8 Å². The minimum atomic E-state index is -0.338. The van der Waals surface area contributed by atoms with Crippen LogP contribution in [0.5, 0.6) is 0 Å². The van der Waals surface area contributed by atoms with E-state index in [9.17, 15) is 9.59 Å². The third-order valence-corrected chi connectivity index (χ3v) is 4.83. The van der Waals surface area contributed by atoms with Crippen LogP contribution in [0.2, 0.25) is 0 Å². The number of carbonyl (C=O) groups excluding carboxylic acids is 2. The van der Waals surface area contributed by atoms with Crippen molar-refractivity contribution in [2.45, 2.75) is 25.5 Å². The molecular weight excluding hydrogens is 286 g/mol. The summed E-state index contributed by atoms with van der Waals surface area (Å²) in [5.74, 6) is -0.124. The summed E-state index contributed by atoms with van der Waals surface area (Å²) in [7, 11) is 0. The van der Waals surface area contributed by atoms with Gasteiger partial charge in [-0.25, -0.2) is 0 Å². The van der Waals surface area contributed by atoms with Gasteiger partial charge in [-0.3, -0.25) is 19.5 Å². The highest BCUT2D eigenvalue weighted by Gasteiger charge is 2.40. The first-order chi connectivity index (χ1) is 10.0. The van der Waals surface area contributed by atoms with Crippen molar-refractivity contribution < 1.29 is 9.59 Å². The van der Waals surface area contributed by atoms with Crippen LogP contribution in [-0.4, -0.2) is 40.2 Å². The number of thioether (sulfide) groups is 1. The maximum atomic E-state index is 12.1. The first-order valence-electron chi connectivity index (χ1n) is 6.94. The molecule has 5 nitrogen and oxygen atoms in total. The number of fused-ring (bicyclic) bond motifs is 1. The Kier molecular flexibility index (Phi) is 3.71. The second-order valence-corrected chi connectivity index (χ2v) is 6.50. The molecule has 0 spiro atoms. The molecule has 1 saturated heterocycles. The van der Waals surface area contributed by atoms with Crippen LogP contribution in [0.15, 0.2) is 23.2 Å². The zero-order valence-corrected chi connectivity index (χ0v) is 12.9. The normalized spacial score (nSPS) is 20.5. The van der Waals surface area contributed by atoms with E-state index >= 15 is 0 Å².